The average molecular weight is 301 g/mol. The van der Waals surface area contributed by atoms with Crippen LogP contribution in [0.2, 0.25) is 0 Å². The van der Waals surface area contributed by atoms with Gasteiger partial charge < -0.3 is 4.74 Å². The molecule has 4 heteroatoms. The number of methoxy groups -OCH3 is 1. The summed E-state index contributed by atoms with van der Waals surface area (Å²) in [7, 11) is 1.43. The molecule has 110 valence electrons. The minimum atomic E-state index is -0.258. The molecule has 3 nitrogen and oxygen atoms in total. The molecule has 21 heavy (non-hydrogen) atoms. The lowest BCUT2D eigenvalue weighted by molar-refractivity contribution is 0.0597. The second kappa shape index (κ2) is 6.00. The zero-order chi connectivity index (χ0) is 14.8. The third kappa shape index (κ3) is 2.87. The number of fused-ring (bicyclic) bond motifs is 1. The number of carbonyl (C=O) groups is 1. The van der Waals surface area contributed by atoms with E-state index in [9.17, 15) is 4.79 Å². The molecule has 1 aromatic carbocycles. The molecule has 0 amide bonds. The van der Waals surface area contributed by atoms with Gasteiger partial charge in [-0.3, -0.25) is 4.90 Å². The van der Waals surface area contributed by atoms with Crippen LogP contribution in [-0.2, 0) is 24.2 Å². The Morgan fingerprint density at radius 2 is 2.19 bits per heavy atom. The molecule has 0 spiro atoms. The van der Waals surface area contributed by atoms with Crippen molar-refractivity contribution >= 4 is 17.3 Å². The Labute approximate surface area is 129 Å². The van der Waals surface area contributed by atoms with E-state index >= 15 is 0 Å². The summed E-state index contributed by atoms with van der Waals surface area (Å²) in [6, 6.07) is 10.4. The molecule has 0 radical (unpaired) electrons. The van der Waals surface area contributed by atoms with E-state index in [2.05, 4.69) is 23.3 Å². The molecule has 1 atom stereocenters. The lowest BCUT2D eigenvalue weighted by atomic mass is 10.0. The van der Waals surface area contributed by atoms with Crippen molar-refractivity contribution < 1.29 is 9.53 Å². The maximum Gasteiger partial charge on any atom is 0.338 e. The Kier molecular flexibility index (Phi) is 4.08. The Bertz CT molecular complexity index is 650. The predicted molar refractivity (Wildman–Crippen MR) is 84.5 cm³/mol. The van der Waals surface area contributed by atoms with Crippen LogP contribution in [-0.4, -0.2) is 24.0 Å². The molecule has 3 rings (SSSR count). The van der Waals surface area contributed by atoms with Gasteiger partial charge in [-0.2, -0.15) is 0 Å². The van der Waals surface area contributed by atoms with E-state index in [1.165, 1.54) is 17.6 Å². The molecule has 1 aliphatic rings. The van der Waals surface area contributed by atoms with Gasteiger partial charge in [-0.05, 0) is 42.0 Å². The predicted octanol–water partition coefficient (Wildman–Crippen LogP) is 3.48. The van der Waals surface area contributed by atoms with Gasteiger partial charge >= 0.3 is 5.97 Å². The fraction of sp³-hybridized carbons (Fsp3) is 0.353. The zero-order valence-electron chi connectivity index (χ0n) is 12.3. The molecule has 0 saturated carbocycles. The summed E-state index contributed by atoms with van der Waals surface area (Å²) >= 11 is 1.85. The highest BCUT2D eigenvalue weighted by molar-refractivity contribution is 7.10. The lowest BCUT2D eigenvalue weighted by Gasteiger charge is -2.33. The first-order valence-electron chi connectivity index (χ1n) is 7.14. The number of ether oxygens (including phenoxy) is 1. The third-order valence-electron chi connectivity index (χ3n) is 4.11. The second-order valence-corrected chi connectivity index (χ2v) is 6.48. The quantitative estimate of drug-likeness (QED) is 0.813. The molecule has 2 heterocycles. The first-order valence-corrected chi connectivity index (χ1v) is 8.02. The van der Waals surface area contributed by atoms with Crippen molar-refractivity contribution in [3.63, 3.8) is 0 Å². The van der Waals surface area contributed by atoms with Crippen LogP contribution < -0.4 is 0 Å². The van der Waals surface area contributed by atoms with Crippen LogP contribution in [0.1, 0.15) is 33.3 Å². The summed E-state index contributed by atoms with van der Waals surface area (Å²) in [6.07, 6.45) is 1.09. The fourth-order valence-corrected chi connectivity index (χ4v) is 3.87. The van der Waals surface area contributed by atoms with E-state index in [0.29, 0.717) is 11.6 Å². The van der Waals surface area contributed by atoms with Gasteiger partial charge in [0.2, 0.25) is 0 Å². The number of nitrogens with zero attached hydrogens (tertiary/aromatic N) is 1. The first-order chi connectivity index (χ1) is 10.2. The van der Waals surface area contributed by atoms with Gasteiger partial charge in [-0.25, -0.2) is 4.79 Å². The van der Waals surface area contributed by atoms with Crippen molar-refractivity contribution in [2.75, 3.05) is 7.11 Å². The van der Waals surface area contributed by atoms with Crippen LogP contribution in [0.4, 0.5) is 0 Å². The van der Waals surface area contributed by atoms with Gasteiger partial charge in [0.1, 0.15) is 0 Å². The maximum atomic E-state index is 11.9. The number of rotatable bonds is 3. The molecule has 1 unspecified atom stereocenters. The summed E-state index contributed by atoms with van der Waals surface area (Å²) in [6.45, 7) is 3.99. The highest BCUT2D eigenvalue weighted by Crippen LogP contribution is 2.29. The van der Waals surface area contributed by atoms with Crippen molar-refractivity contribution in [2.45, 2.75) is 32.5 Å². The van der Waals surface area contributed by atoms with Gasteiger partial charge in [-0.15, -0.1) is 11.3 Å². The van der Waals surface area contributed by atoms with E-state index in [1.807, 2.05) is 35.6 Å². The van der Waals surface area contributed by atoms with Crippen molar-refractivity contribution in [1.29, 1.82) is 0 Å². The zero-order valence-corrected chi connectivity index (χ0v) is 13.2. The van der Waals surface area contributed by atoms with Crippen molar-refractivity contribution in [3.8, 4) is 0 Å². The molecule has 0 bridgehead atoms. The average Bonchev–Trinajstić information content (AvgIpc) is 2.94. The van der Waals surface area contributed by atoms with Crippen LogP contribution in [0.15, 0.2) is 35.7 Å². The molecule has 0 fully saturated rings. The van der Waals surface area contributed by atoms with Crippen LogP contribution in [0.25, 0.3) is 0 Å². The number of benzene rings is 1. The molecule has 0 saturated heterocycles. The van der Waals surface area contributed by atoms with Crippen LogP contribution in [0, 0.1) is 0 Å². The number of thiophene rings is 1. The molecule has 1 aliphatic heterocycles. The fourth-order valence-electron chi connectivity index (χ4n) is 2.86. The number of carbonyl (C=O) groups excluding carboxylic acids is 1. The number of hydrogen-bond donors (Lipinski definition) is 0. The Balaban J connectivity index is 1.83. The Morgan fingerprint density at radius 1 is 1.38 bits per heavy atom. The smallest absolute Gasteiger partial charge is 0.338 e. The first kappa shape index (κ1) is 14.3. The summed E-state index contributed by atoms with van der Waals surface area (Å²) in [5.74, 6) is -0.258. The van der Waals surface area contributed by atoms with E-state index in [0.717, 1.165) is 25.1 Å². The molecular weight excluding hydrogens is 282 g/mol. The maximum absolute atomic E-state index is 11.9. The SMILES string of the molecule is COC(=O)c1ccccc1CN1Cc2ccsc2CC1C. The van der Waals surface area contributed by atoms with Crippen molar-refractivity contribution in [2.24, 2.45) is 0 Å². The highest BCUT2D eigenvalue weighted by Gasteiger charge is 2.25. The summed E-state index contributed by atoms with van der Waals surface area (Å²) in [5, 5.41) is 2.17. The molecule has 2 aromatic rings. The number of esters is 1. The van der Waals surface area contributed by atoms with Crippen LogP contribution in [0.3, 0.4) is 0 Å². The second-order valence-electron chi connectivity index (χ2n) is 5.48. The normalized spacial score (nSPS) is 18.3. The lowest BCUT2D eigenvalue weighted by Crippen LogP contribution is -2.37. The largest absolute Gasteiger partial charge is 0.465 e. The van der Waals surface area contributed by atoms with Gasteiger partial charge in [0.15, 0.2) is 0 Å². The van der Waals surface area contributed by atoms with Crippen LogP contribution >= 0.6 is 11.3 Å². The topological polar surface area (TPSA) is 29.5 Å². The Morgan fingerprint density at radius 3 is 3.00 bits per heavy atom. The number of hydrogen-bond acceptors (Lipinski definition) is 4. The summed E-state index contributed by atoms with van der Waals surface area (Å²) in [5.41, 5.74) is 3.13. The monoisotopic (exact) mass is 301 g/mol. The summed E-state index contributed by atoms with van der Waals surface area (Å²) in [4.78, 5) is 15.8. The van der Waals surface area contributed by atoms with E-state index in [-0.39, 0.29) is 5.97 Å². The molecular formula is C17H19NO2S. The van der Waals surface area contributed by atoms with Crippen molar-refractivity contribution in [3.05, 3.63) is 57.3 Å². The Hall–Kier alpha value is -1.65. The minimum absolute atomic E-state index is 0.258. The van der Waals surface area contributed by atoms with Gasteiger partial charge in [0.25, 0.3) is 0 Å². The minimum Gasteiger partial charge on any atom is -0.465 e. The third-order valence-corrected chi connectivity index (χ3v) is 5.10. The van der Waals surface area contributed by atoms with Gasteiger partial charge in [0, 0.05) is 24.0 Å². The molecule has 0 aliphatic carbocycles. The van der Waals surface area contributed by atoms with E-state index in [4.69, 9.17) is 4.74 Å². The van der Waals surface area contributed by atoms with Crippen LogP contribution in [0.5, 0.6) is 0 Å². The van der Waals surface area contributed by atoms with Gasteiger partial charge in [0.05, 0.1) is 12.7 Å². The van der Waals surface area contributed by atoms with Gasteiger partial charge in [-0.1, -0.05) is 18.2 Å². The van der Waals surface area contributed by atoms with E-state index < -0.39 is 0 Å². The highest BCUT2D eigenvalue weighted by atomic mass is 32.1. The standard InChI is InChI=1S/C17H19NO2S/c1-12-9-16-14(7-8-21-16)11-18(12)10-13-5-3-4-6-15(13)17(19)20-2/h3-8,12H,9-11H2,1-2H3. The molecule has 1 aromatic heterocycles. The van der Waals surface area contributed by atoms with Crippen molar-refractivity contribution in [1.82, 2.24) is 4.90 Å². The molecule has 0 N–H and O–H groups in total. The van der Waals surface area contributed by atoms with E-state index in [1.54, 1.807) is 0 Å². The summed E-state index contributed by atoms with van der Waals surface area (Å²) < 4.78 is 4.88.